The van der Waals surface area contributed by atoms with Crippen molar-refractivity contribution in [2.75, 3.05) is 13.7 Å². The Morgan fingerprint density at radius 1 is 1.07 bits per heavy atom. The molecular formula is C35H40N4O6S. The topological polar surface area (TPSA) is 122 Å². The fourth-order valence-electron chi connectivity index (χ4n) is 6.79. The molecule has 10 nitrogen and oxygen atoms in total. The maximum atomic E-state index is 13.3. The van der Waals surface area contributed by atoms with Crippen molar-refractivity contribution in [3.05, 3.63) is 70.8 Å². The molecule has 0 bridgehead atoms. The minimum Gasteiger partial charge on any atom is -0.497 e. The number of ether oxygens (including phenoxy) is 2. The number of benzene rings is 2. The molecular weight excluding hydrogens is 604 g/mol. The predicted octanol–water partition coefficient (Wildman–Crippen LogP) is 6.30. The van der Waals surface area contributed by atoms with Gasteiger partial charge in [-0.25, -0.2) is 22.9 Å². The summed E-state index contributed by atoms with van der Waals surface area (Å²) in [5, 5.41) is 0.278. The van der Waals surface area contributed by atoms with E-state index in [2.05, 4.69) is 26.4 Å². The summed E-state index contributed by atoms with van der Waals surface area (Å²) in [6.07, 6.45) is 9.29. The molecule has 1 aliphatic carbocycles. The standard InChI is InChI=1S/C35H40N4O6S/c1-6-45-35(41)31-32(38(4)20-36-31)25-16-24-17-26(44-5)13-15-27(24)33-30(22-10-8-7-9-11-22)28-14-12-23(18-29(28)39(33)19-25)34(40)37-46(42,43)21(2)3/h12-18,20-22H,6-11,19H2,1-5H3,(H,37,40). The van der Waals surface area contributed by atoms with Gasteiger partial charge in [-0.05, 0) is 92.6 Å². The number of nitrogens with zero attached hydrogens (tertiary/aromatic N) is 3. The zero-order chi connectivity index (χ0) is 32.7. The maximum absolute atomic E-state index is 13.3. The van der Waals surface area contributed by atoms with E-state index in [1.165, 1.54) is 25.8 Å². The van der Waals surface area contributed by atoms with Crippen LogP contribution in [0, 0.1) is 0 Å². The second-order valence-corrected chi connectivity index (χ2v) is 14.6. The Balaban J connectivity index is 1.62. The number of amides is 1. The number of imidazole rings is 1. The number of nitrogens with one attached hydrogen (secondary N) is 1. The van der Waals surface area contributed by atoms with Crippen LogP contribution >= 0.6 is 0 Å². The molecule has 3 heterocycles. The normalized spacial score (nSPS) is 15.2. The lowest BCUT2D eigenvalue weighted by atomic mass is 9.81. The third kappa shape index (κ3) is 5.61. The van der Waals surface area contributed by atoms with Gasteiger partial charge in [0.05, 0.1) is 43.2 Å². The molecule has 0 radical (unpaired) electrons. The molecule has 1 amide bonds. The highest BCUT2D eigenvalue weighted by atomic mass is 32.2. The molecule has 2 aromatic heterocycles. The first-order chi connectivity index (χ1) is 22.0. The zero-order valence-electron chi connectivity index (χ0n) is 26.9. The van der Waals surface area contributed by atoms with Crippen molar-refractivity contribution in [3.8, 4) is 17.0 Å². The Bertz CT molecular complexity index is 1980. The molecule has 46 heavy (non-hydrogen) atoms. The number of methoxy groups -OCH3 is 1. The average molecular weight is 645 g/mol. The fourth-order valence-corrected chi connectivity index (χ4v) is 7.40. The molecule has 1 fully saturated rings. The van der Waals surface area contributed by atoms with Gasteiger partial charge in [0.25, 0.3) is 5.91 Å². The highest BCUT2D eigenvalue weighted by Gasteiger charge is 2.32. The van der Waals surface area contributed by atoms with Crippen molar-refractivity contribution < 1.29 is 27.5 Å². The van der Waals surface area contributed by atoms with Crippen LogP contribution in [0.25, 0.3) is 33.8 Å². The van der Waals surface area contributed by atoms with E-state index < -0.39 is 27.1 Å². The third-order valence-corrected chi connectivity index (χ3v) is 10.8. The largest absolute Gasteiger partial charge is 0.497 e. The predicted molar refractivity (Wildman–Crippen MR) is 178 cm³/mol. The number of aryl methyl sites for hydroxylation is 1. The van der Waals surface area contributed by atoms with Crippen molar-refractivity contribution >= 4 is 44.5 Å². The SMILES string of the molecule is CCOC(=O)c1ncn(C)c1C1=Cc2cc(OC)ccc2-c2c(C3CCCCC3)c3ccc(C(=O)NS(=O)(=O)C(C)C)cc3n2C1. The van der Waals surface area contributed by atoms with Gasteiger partial charge in [-0.2, -0.15) is 0 Å². The lowest BCUT2D eigenvalue weighted by Crippen LogP contribution is -2.35. The van der Waals surface area contributed by atoms with Crippen LogP contribution in [0.15, 0.2) is 42.7 Å². The molecule has 4 aromatic rings. The van der Waals surface area contributed by atoms with Gasteiger partial charge in [0.1, 0.15) is 5.75 Å². The minimum atomic E-state index is -3.82. The number of allylic oxidation sites excluding steroid dienone is 1. The molecule has 0 spiro atoms. The Morgan fingerprint density at radius 2 is 1.83 bits per heavy atom. The van der Waals surface area contributed by atoms with Crippen LogP contribution < -0.4 is 9.46 Å². The van der Waals surface area contributed by atoms with Gasteiger partial charge in [0, 0.05) is 29.1 Å². The van der Waals surface area contributed by atoms with E-state index in [9.17, 15) is 18.0 Å². The van der Waals surface area contributed by atoms with Crippen LogP contribution in [0.1, 0.15) is 96.5 Å². The number of esters is 1. The zero-order valence-corrected chi connectivity index (χ0v) is 27.7. The van der Waals surface area contributed by atoms with Gasteiger partial charge in [-0.3, -0.25) is 4.79 Å². The van der Waals surface area contributed by atoms with E-state index >= 15 is 0 Å². The van der Waals surface area contributed by atoms with Gasteiger partial charge in [0.15, 0.2) is 5.69 Å². The highest BCUT2D eigenvalue weighted by molar-refractivity contribution is 7.90. The molecule has 1 N–H and O–H groups in total. The number of carbonyl (C=O) groups excluding carboxylic acids is 2. The second kappa shape index (κ2) is 12.4. The van der Waals surface area contributed by atoms with Gasteiger partial charge >= 0.3 is 5.97 Å². The van der Waals surface area contributed by atoms with E-state index in [-0.39, 0.29) is 17.9 Å². The summed E-state index contributed by atoms with van der Waals surface area (Å²) in [6, 6.07) is 11.5. The molecule has 242 valence electrons. The highest BCUT2D eigenvalue weighted by Crippen LogP contribution is 2.48. The van der Waals surface area contributed by atoms with Crippen molar-refractivity contribution in [3.63, 3.8) is 0 Å². The lowest BCUT2D eigenvalue weighted by Gasteiger charge is -2.24. The first kappa shape index (κ1) is 31.6. The van der Waals surface area contributed by atoms with Crippen molar-refractivity contribution in [2.24, 2.45) is 7.05 Å². The first-order valence-electron chi connectivity index (χ1n) is 15.8. The minimum absolute atomic E-state index is 0.225. The van der Waals surface area contributed by atoms with Gasteiger partial charge in [0.2, 0.25) is 10.0 Å². The number of rotatable bonds is 8. The number of carbonyl (C=O) groups is 2. The fraction of sp³-hybridized carbons (Fsp3) is 0.400. The van der Waals surface area contributed by atoms with Crippen LogP contribution in [0.4, 0.5) is 0 Å². The summed E-state index contributed by atoms with van der Waals surface area (Å²) in [5.41, 5.74) is 7.01. The summed E-state index contributed by atoms with van der Waals surface area (Å²) in [6.45, 7) is 5.43. The van der Waals surface area contributed by atoms with E-state index in [0.717, 1.165) is 59.0 Å². The molecule has 6 rings (SSSR count). The molecule has 0 atom stereocenters. The smallest absolute Gasteiger partial charge is 0.359 e. The number of sulfonamides is 1. The quantitative estimate of drug-likeness (QED) is 0.224. The van der Waals surface area contributed by atoms with Crippen LogP contribution in [0.3, 0.4) is 0 Å². The Kier molecular flexibility index (Phi) is 8.54. The Morgan fingerprint density at radius 3 is 2.52 bits per heavy atom. The lowest BCUT2D eigenvalue weighted by molar-refractivity contribution is 0.0519. The summed E-state index contributed by atoms with van der Waals surface area (Å²) in [5.74, 6) is -0.146. The first-order valence-corrected chi connectivity index (χ1v) is 17.4. The van der Waals surface area contributed by atoms with Crippen LogP contribution in [0.5, 0.6) is 5.75 Å². The van der Waals surface area contributed by atoms with Gasteiger partial charge in [-0.1, -0.05) is 25.3 Å². The number of hydrogen-bond donors (Lipinski definition) is 1. The Hall–Kier alpha value is -4.38. The summed E-state index contributed by atoms with van der Waals surface area (Å²) in [7, 11) is -0.334. The van der Waals surface area contributed by atoms with E-state index in [1.807, 2.05) is 29.8 Å². The number of aromatic nitrogens is 3. The van der Waals surface area contributed by atoms with Gasteiger partial charge < -0.3 is 18.6 Å². The van der Waals surface area contributed by atoms with E-state index in [1.54, 1.807) is 32.5 Å². The summed E-state index contributed by atoms with van der Waals surface area (Å²) < 4.78 is 42.5. The number of fused-ring (bicyclic) bond motifs is 5. The molecule has 0 unspecified atom stereocenters. The second-order valence-electron chi connectivity index (χ2n) is 12.3. The van der Waals surface area contributed by atoms with Crippen LogP contribution in [-0.2, 0) is 28.4 Å². The van der Waals surface area contributed by atoms with E-state index in [0.29, 0.717) is 23.9 Å². The molecule has 1 saturated carbocycles. The van der Waals surface area contributed by atoms with E-state index in [4.69, 9.17) is 9.47 Å². The third-order valence-electron chi connectivity index (χ3n) is 9.12. The number of hydrogen-bond acceptors (Lipinski definition) is 7. The molecule has 0 saturated heterocycles. The van der Waals surface area contributed by atoms with Crippen LogP contribution in [0.2, 0.25) is 0 Å². The van der Waals surface area contributed by atoms with Crippen molar-refractivity contribution in [1.29, 1.82) is 0 Å². The molecule has 11 heteroatoms. The summed E-state index contributed by atoms with van der Waals surface area (Å²) in [4.78, 5) is 30.8. The monoisotopic (exact) mass is 644 g/mol. The molecule has 2 aliphatic rings. The maximum Gasteiger partial charge on any atom is 0.359 e. The molecule has 1 aliphatic heterocycles. The van der Waals surface area contributed by atoms with Crippen LogP contribution in [-0.4, -0.2) is 53.4 Å². The Labute approximate surface area is 269 Å². The molecule has 2 aromatic carbocycles. The van der Waals surface area contributed by atoms with Crippen molar-refractivity contribution in [1.82, 2.24) is 18.8 Å². The van der Waals surface area contributed by atoms with Crippen molar-refractivity contribution in [2.45, 2.75) is 70.6 Å². The summed E-state index contributed by atoms with van der Waals surface area (Å²) >= 11 is 0. The van der Waals surface area contributed by atoms with Gasteiger partial charge in [-0.15, -0.1) is 0 Å². The average Bonchev–Trinajstić information content (AvgIpc) is 3.52.